The average molecular weight is 678 g/mol. The molecule has 0 aliphatic carbocycles. The molecule has 4 aromatic rings. The van der Waals surface area contributed by atoms with Crippen molar-refractivity contribution in [3.63, 3.8) is 0 Å². The van der Waals surface area contributed by atoms with Gasteiger partial charge in [0.25, 0.3) is 5.91 Å². The number of Topliss-reactive ketones (excluding diaryl/α,β-unsaturated/α-hetero) is 1. The highest BCUT2D eigenvalue weighted by Crippen LogP contribution is 2.45. The van der Waals surface area contributed by atoms with Crippen molar-refractivity contribution in [3.8, 4) is 21.7 Å². The molecule has 0 radical (unpaired) electrons. The number of hydrogen-bond acceptors (Lipinski definition) is 10. The van der Waals surface area contributed by atoms with Crippen molar-refractivity contribution in [2.24, 2.45) is 0 Å². The molecule has 0 saturated carbocycles. The molecular formula is C34H35N3O8S2. The Labute approximate surface area is 276 Å². The Kier molecular flexibility index (Phi) is 9.69. The summed E-state index contributed by atoms with van der Waals surface area (Å²) in [6.07, 6.45) is 2.89. The van der Waals surface area contributed by atoms with E-state index in [2.05, 4.69) is 10.6 Å². The molecule has 6 rings (SSSR count). The minimum absolute atomic E-state index is 0.0261. The number of thiophene rings is 1. The van der Waals surface area contributed by atoms with Crippen LogP contribution in [0.1, 0.15) is 64.6 Å². The lowest BCUT2D eigenvalue weighted by atomic mass is 9.96. The van der Waals surface area contributed by atoms with Gasteiger partial charge in [-0.3, -0.25) is 14.4 Å². The van der Waals surface area contributed by atoms with Gasteiger partial charge in [0.1, 0.15) is 16.7 Å². The third kappa shape index (κ3) is 6.93. The van der Waals surface area contributed by atoms with Crippen molar-refractivity contribution < 1.29 is 36.9 Å². The molecule has 0 bridgehead atoms. The number of rotatable bonds is 9. The van der Waals surface area contributed by atoms with E-state index in [0.29, 0.717) is 23.6 Å². The normalized spacial score (nSPS) is 21.1. The Morgan fingerprint density at radius 3 is 2.47 bits per heavy atom. The van der Waals surface area contributed by atoms with E-state index >= 15 is 0 Å². The fourth-order valence-corrected chi connectivity index (χ4v) is 9.66. The number of ketones is 1. The molecule has 1 N–H and O–H groups in total. The molecule has 13 heteroatoms. The van der Waals surface area contributed by atoms with Gasteiger partial charge in [0, 0.05) is 53.1 Å². The Hall–Kier alpha value is -4.17. The Morgan fingerprint density at radius 2 is 1.77 bits per heavy atom. The van der Waals surface area contributed by atoms with Gasteiger partial charge in [-0.15, -0.1) is 11.3 Å². The van der Waals surface area contributed by atoms with Gasteiger partial charge in [0.05, 0.1) is 17.7 Å². The fourth-order valence-electron chi connectivity index (χ4n) is 6.06. The lowest BCUT2D eigenvalue weighted by molar-refractivity contribution is -0.200. The van der Waals surface area contributed by atoms with E-state index in [-0.39, 0.29) is 42.2 Å². The second kappa shape index (κ2) is 13.9. The van der Waals surface area contributed by atoms with Crippen molar-refractivity contribution in [1.82, 2.24) is 15.5 Å². The first-order chi connectivity index (χ1) is 22.7. The largest absolute Gasteiger partial charge is 0.364 e. The molecule has 2 aromatic heterocycles. The monoisotopic (exact) mass is 677 g/mol. The van der Waals surface area contributed by atoms with Crippen LogP contribution in [0.2, 0.25) is 0 Å². The highest BCUT2D eigenvalue weighted by molar-refractivity contribution is 7.92. The SMILES string of the molecule is CC(=O)c1ccccc1C(=O)N1CCC(CC(=O)NOC2CCCCO2)(c2ccc(-c3ccc(-c4ccon4)cc3)s2)S(=O)(=O)CC1. The van der Waals surface area contributed by atoms with Crippen LogP contribution < -0.4 is 5.48 Å². The zero-order valence-electron chi connectivity index (χ0n) is 25.8. The predicted molar refractivity (Wildman–Crippen MR) is 175 cm³/mol. The zero-order chi connectivity index (χ0) is 33.0. The number of nitrogens with one attached hydrogen (secondary N) is 1. The molecule has 4 heterocycles. The summed E-state index contributed by atoms with van der Waals surface area (Å²) in [7, 11) is -4.01. The maximum absolute atomic E-state index is 14.3. The van der Waals surface area contributed by atoms with Crippen molar-refractivity contribution in [2.45, 2.75) is 50.1 Å². The van der Waals surface area contributed by atoms with E-state index in [1.165, 1.54) is 29.4 Å². The summed E-state index contributed by atoms with van der Waals surface area (Å²) < 4.78 is 37.5. The Balaban J connectivity index is 1.31. The summed E-state index contributed by atoms with van der Waals surface area (Å²) in [5.74, 6) is -1.65. The number of benzene rings is 2. The molecular weight excluding hydrogens is 643 g/mol. The fraction of sp³-hybridized carbons (Fsp3) is 0.353. The molecule has 2 amide bonds. The summed E-state index contributed by atoms with van der Waals surface area (Å²) in [5, 5.41) is 3.97. The van der Waals surface area contributed by atoms with Gasteiger partial charge in [-0.2, -0.15) is 0 Å². The van der Waals surface area contributed by atoms with Crippen molar-refractivity contribution in [1.29, 1.82) is 0 Å². The van der Waals surface area contributed by atoms with Crippen molar-refractivity contribution in [2.75, 3.05) is 25.4 Å². The minimum atomic E-state index is -4.01. The minimum Gasteiger partial charge on any atom is -0.364 e. The lowest BCUT2D eigenvalue weighted by Gasteiger charge is -2.31. The summed E-state index contributed by atoms with van der Waals surface area (Å²) >= 11 is 1.30. The van der Waals surface area contributed by atoms with E-state index in [4.69, 9.17) is 14.1 Å². The van der Waals surface area contributed by atoms with E-state index in [9.17, 15) is 22.8 Å². The highest BCUT2D eigenvalue weighted by atomic mass is 32.2. The topological polar surface area (TPSA) is 145 Å². The number of carbonyl (C=O) groups excluding carboxylic acids is 3. The number of hydrogen-bond donors (Lipinski definition) is 1. The van der Waals surface area contributed by atoms with Crippen LogP contribution in [-0.2, 0) is 29.0 Å². The van der Waals surface area contributed by atoms with Crippen molar-refractivity contribution >= 4 is 38.8 Å². The first kappa shape index (κ1) is 32.8. The second-order valence-electron chi connectivity index (χ2n) is 11.7. The summed E-state index contributed by atoms with van der Waals surface area (Å²) in [4.78, 5) is 47.7. The number of ether oxygens (including phenoxy) is 1. The molecule has 2 aliphatic heterocycles. The lowest BCUT2D eigenvalue weighted by Crippen LogP contribution is -2.43. The third-order valence-electron chi connectivity index (χ3n) is 8.68. The molecule has 11 nitrogen and oxygen atoms in total. The number of nitrogens with zero attached hydrogens (tertiary/aromatic N) is 2. The molecule has 2 atom stereocenters. The maximum atomic E-state index is 14.3. The number of amides is 2. The molecule has 47 heavy (non-hydrogen) atoms. The maximum Gasteiger partial charge on any atom is 0.254 e. The standard InChI is InChI=1S/C34H35N3O8S2/c1-23(38)26-6-2-3-7-27(26)33(40)37-17-16-34(47(41,42)21-18-37,22-31(39)36-45-32-8-4-5-19-43-32)30-14-13-29(46-30)25-11-9-24(10-12-25)28-15-20-44-35-28/h2-3,6-7,9-15,20,32H,4-5,8,16-19,21-22H2,1H3,(H,36,39). The van der Waals surface area contributed by atoms with Crippen LogP contribution in [0.4, 0.5) is 0 Å². The van der Waals surface area contributed by atoms with Crippen LogP contribution in [0.5, 0.6) is 0 Å². The number of hydroxylamine groups is 1. The third-order valence-corrected chi connectivity index (χ3v) is 12.6. The average Bonchev–Trinajstić information content (AvgIpc) is 3.79. The molecule has 2 unspecified atom stereocenters. The van der Waals surface area contributed by atoms with E-state index in [1.54, 1.807) is 36.4 Å². The zero-order valence-corrected chi connectivity index (χ0v) is 27.5. The molecule has 2 aromatic carbocycles. The second-order valence-corrected chi connectivity index (χ2v) is 15.2. The summed E-state index contributed by atoms with van der Waals surface area (Å²) in [6.45, 7) is 1.89. The molecule has 2 saturated heterocycles. The molecule has 2 aliphatic rings. The first-order valence-electron chi connectivity index (χ1n) is 15.5. The summed E-state index contributed by atoms with van der Waals surface area (Å²) in [6, 6.07) is 19.5. The number of carbonyl (C=O) groups is 3. The van der Waals surface area contributed by atoms with Gasteiger partial charge in [-0.25, -0.2) is 18.7 Å². The Bertz CT molecular complexity index is 1850. The van der Waals surface area contributed by atoms with Crippen LogP contribution in [0.15, 0.2) is 77.5 Å². The van der Waals surface area contributed by atoms with Gasteiger partial charge in [0.2, 0.25) is 5.91 Å². The van der Waals surface area contributed by atoms with Gasteiger partial charge in [-0.05, 0) is 49.9 Å². The number of aromatic nitrogens is 1. The predicted octanol–water partition coefficient (Wildman–Crippen LogP) is 5.39. The quantitative estimate of drug-likeness (QED) is 0.182. The van der Waals surface area contributed by atoms with E-state index < -0.39 is 39.1 Å². The molecule has 2 fully saturated rings. The van der Waals surface area contributed by atoms with Gasteiger partial charge >= 0.3 is 0 Å². The van der Waals surface area contributed by atoms with Gasteiger partial charge < -0.3 is 14.2 Å². The van der Waals surface area contributed by atoms with E-state index in [0.717, 1.165) is 28.8 Å². The van der Waals surface area contributed by atoms with Crippen LogP contribution in [0, 0.1) is 0 Å². The van der Waals surface area contributed by atoms with Crippen LogP contribution in [0.25, 0.3) is 21.7 Å². The Morgan fingerprint density at radius 1 is 1.00 bits per heavy atom. The smallest absolute Gasteiger partial charge is 0.254 e. The van der Waals surface area contributed by atoms with E-state index in [1.807, 2.05) is 30.3 Å². The highest BCUT2D eigenvalue weighted by Gasteiger charge is 2.50. The van der Waals surface area contributed by atoms with Crippen LogP contribution in [0.3, 0.4) is 0 Å². The number of sulfone groups is 1. The summed E-state index contributed by atoms with van der Waals surface area (Å²) in [5.41, 5.74) is 5.37. The molecule has 0 spiro atoms. The van der Waals surface area contributed by atoms with Crippen molar-refractivity contribution in [3.05, 3.63) is 89.0 Å². The van der Waals surface area contributed by atoms with Gasteiger partial charge in [0.15, 0.2) is 21.9 Å². The van der Waals surface area contributed by atoms with Crippen LogP contribution >= 0.6 is 11.3 Å². The van der Waals surface area contributed by atoms with Crippen LogP contribution in [-0.4, -0.2) is 67.8 Å². The molecule has 246 valence electrons. The first-order valence-corrected chi connectivity index (χ1v) is 17.9. The van der Waals surface area contributed by atoms with Gasteiger partial charge in [-0.1, -0.05) is 47.6 Å².